The topological polar surface area (TPSA) is 114 Å². The summed E-state index contributed by atoms with van der Waals surface area (Å²) < 4.78 is 0. The van der Waals surface area contributed by atoms with E-state index in [9.17, 15) is 4.79 Å². The van der Waals surface area contributed by atoms with Gasteiger partial charge in [-0.2, -0.15) is 5.26 Å². The van der Waals surface area contributed by atoms with Gasteiger partial charge in [0.25, 0.3) is 0 Å². The first-order chi connectivity index (χ1) is 6.14. The van der Waals surface area contributed by atoms with E-state index >= 15 is 0 Å². The van der Waals surface area contributed by atoms with E-state index in [1.54, 1.807) is 0 Å². The Labute approximate surface area is 75.4 Å². The van der Waals surface area contributed by atoms with Gasteiger partial charge in [-0.25, -0.2) is 0 Å². The van der Waals surface area contributed by atoms with E-state index in [-0.39, 0.29) is 6.54 Å². The second kappa shape index (κ2) is 5.61. The standard InChI is InChI=1S/C7H12N2O4/c8-1-6(13)2-9-7(3-10,4-11)5-12/h9-12H,2-5H2. The molecule has 6 nitrogen and oxygen atoms in total. The lowest BCUT2D eigenvalue weighted by atomic mass is 10.0. The number of Topliss-reactive ketones (excluding diaryl/α,β-unsaturated/α-hetero) is 1. The highest BCUT2D eigenvalue weighted by Crippen LogP contribution is 2.00. The highest BCUT2D eigenvalue weighted by molar-refractivity contribution is 5.94. The van der Waals surface area contributed by atoms with Gasteiger partial charge in [0, 0.05) is 0 Å². The van der Waals surface area contributed by atoms with Gasteiger partial charge in [-0.3, -0.25) is 10.1 Å². The summed E-state index contributed by atoms with van der Waals surface area (Å²) >= 11 is 0. The van der Waals surface area contributed by atoms with Crippen LogP contribution in [0.2, 0.25) is 0 Å². The van der Waals surface area contributed by atoms with Crippen LogP contribution in [0.1, 0.15) is 0 Å². The molecule has 0 aromatic heterocycles. The number of carbonyl (C=O) groups excluding carboxylic acids is 1. The Morgan fingerprint density at radius 3 is 2.08 bits per heavy atom. The smallest absolute Gasteiger partial charge is 0.245 e. The third-order valence-corrected chi connectivity index (χ3v) is 1.66. The van der Waals surface area contributed by atoms with Crippen molar-refractivity contribution in [2.24, 2.45) is 0 Å². The van der Waals surface area contributed by atoms with Crippen LogP contribution >= 0.6 is 0 Å². The van der Waals surface area contributed by atoms with Gasteiger partial charge in [0.15, 0.2) is 0 Å². The summed E-state index contributed by atoms with van der Waals surface area (Å²) in [5.74, 6) is -0.722. The average Bonchev–Trinajstić information content (AvgIpc) is 2.20. The lowest BCUT2D eigenvalue weighted by Gasteiger charge is -2.27. The molecule has 4 N–H and O–H groups in total. The summed E-state index contributed by atoms with van der Waals surface area (Å²) in [4.78, 5) is 10.5. The molecule has 0 aliphatic rings. The number of nitriles is 1. The minimum Gasteiger partial charge on any atom is -0.394 e. The van der Waals surface area contributed by atoms with Crippen LogP contribution in [0.3, 0.4) is 0 Å². The van der Waals surface area contributed by atoms with Crippen molar-refractivity contribution < 1.29 is 20.1 Å². The number of hydrogen-bond donors (Lipinski definition) is 4. The van der Waals surface area contributed by atoms with Crippen molar-refractivity contribution in [1.82, 2.24) is 5.32 Å². The molecule has 0 aromatic carbocycles. The van der Waals surface area contributed by atoms with Crippen molar-refractivity contribution in [2.75, 3.05) is 26.4 Å². The van der Waals surface area contributed by atoms with Gasteiger partial charge < -0.3 is 15.3 Å². The fourth-order valence-corrected chi connectivity index (χ4v) is 0.625. The number of aliphatic hydroxyl groups excluding tert-OH is 3. The number of carbonyl (C=O) groups is 1. The largest absolute Gasteiger partial charge is 0.394 e. The van der Waals surface area contributed by atoms with E-state index in [2.05, 4.69) is 5.32 Å². The van der Waals surface area contributed by atoms with E-state index in [1.165, 1.54) is 6.07 Å². The van der Waals surface area contributed by atoms with Gasteiger partial charge >= 0.3 is 0 Å². The Bertz CT molecular complexity index is 199. The number of aliphatic hydroxyl groups is 3. The zero-order valence-corrected chi connectivity index (χ0v) is 7.03. The summed E-state index contributed by atoms with van der Waals surface area (Å²) in [7, 11) is 0. The van der Waals surface area contributed by atoms with Crippen molar-refractivity contribution in [1.29, 1.82) is 5.26 Å². The molecule has 0 heterocycles. The maximum Gasteiger partial charge on any atom is 0.245 e. The molecule has 74 valence electrons. The SMILES string of the molecule is N#CC(=O)CNC(CO)(CO)CO. The van der Waals surface area contributed by atoms with Gasteiger partial charge in [0.05, 0.1) is 31.9 Å². The molecule has 0 unspecified atom stereocenters. The summed E-state index contributed by atoms with van der Waals surface area (Å²) in [6.45, 7) is -1.85. The van der Waals surface area contributed by atoms with Crippen molar-refractivity contribution in [3.05, 3.63) is 0 Å². The van der Waals surface area contributed by atoms with E-state index in [0.29, 0.717) is 0 Å². The number of hydrogen-bond acceptors (Lipinski definition) is 6. The van der Waals surface area contributed by atoms with Gasteiger partial charge in [-0.15, -0.1) is 0 Å². The molecular formula is C7H12N2O4. The van der Waals surface area contributed by atoms with Crippen LogP contribution in [0.5, 0.6) is 0 Å². The molecule has 0 bridgehead atoms. The molecule has 0 fully saturated rings. The second-order valence-corrected chi connectivity index (χ2v) is 2.64. The molecule has 0 saturated heterocycles. The minimum absolute atomic E-state index is 0.307. The second-order valence-electron chi connectivity index (χ2n) is 2.64. The molecule has 0 atom stereocenters. The Kier molecular flexibility index (Phi) is 5.18. The molecular weight excluding hydrogens is 176 g/mol. The van der Waals surface area contributed by atoms with Gasteiger partial charge in [0.1, 0.15) is 6.07 Å². The Morgan fingerprint density at radius 1 is 1.31 bits per heavy atom. The highest BCUT2D eigenvalue weighted by atomic mass is 16.3. The number of rotatable bonds is 6. The summed E-state index contributed by atoms with van der Waals surface area (Å²) in [5, 5.41) is 36.9. The molecule has 0 aliphatic carbocycles. The van der Waals surface area contributed by atoms with Gasteiger partial charge in [-0.05, 0) is 0 Å². The summed E-state index contributed by atoms with van der Waals surface area (Å²) in [5.41, 5.74) is -1.30. The molecule has 0 amide bonds. The molecule has 0 saturated carbocycles. The molecule has 0 spiro atoms. The van der Waals surface area contributed by atoms with Crippen LogP contribution in [0.25, 0.3) is 0 Å². The lowest BCUT2D eigenvalue weighted by Crippen LogP contribution is -2.56. The van der Waals surface area contributed by atoms with Crippen LogP contribution in [-0.2, 0) is 4.79 Å². The van der Waals surface area contributed by atoms with Gasteiger partial charge in [0.2, 0.25) is 5.78 Å². The van der Waals surface area contributed by atoms with Gasteiger partial charge in [-0.1, -0.05) is 0 Å². The fraction of sp³-hybridized carbons (Fsp3) is 0.714. The number of ketones is 1. The maximum absolute atomic E-state index is 10.5. The summed E-state index contributed by atoms with van der Waals surface area (Å²) in [6.07, 6.45) is 0. The predicted octanol–water partition coefficient (Wildman–Crippen LogP) is -2.62. The Morgan fingerprint density at radius 2 is 1.77 bits per heavy atom. The third-order valence-electron chi connectivity index (χ3n) is 1.66. The molecule has 0 aliphatic heterocycles. The fourth-order valence-electron chi connectivity index (χ4n) is 0.625. The maximum atomic E-state index is 10.5. The van der Waals surface area contributed by atoms with Crippen molar-refractivity contribution in [3.8, 4) is 6.07 Å². The quantitative estimate of drug-likeness (QED) is 0.339. The van der Waals surface area contributed by atoms with Crippen molar-refractivity contribution >= 4 is 5.78 Å². The van der Waals surface area contributed by atoms with Crippen molar-refractivity contribution in [3.63, 3.8) is 0 Å². The van der Waals surface area contributed by atoms with E-state index in [0.717, 1.165) is 0 Å². The van der Waals surface area contributed by atoms with E-state index in [1.807, 2.05) is 0 Å². The molecule has 0 rings (SSSR count). The normalized spacial score (nSPS) is 10.9. The monoisotopic (exact) mass is 188 g/mol. The zero-order chi connectivity index (χ0) is 10.3. The first-order valence-electron chi connectivity index (χ1n) is 3.64. The molecule has 13 heavy (non-hydrogen) atoms. The first-order valence-corrected chi connectivity index (χ1v) is 3.64. The van der Waals surface area contributed by atoms with E-state index in [4.69, 9.17) is 20.6 Å². The minimum atomic E-state index is -1.30. The summed E-state index contributed by atoms with van der Waals surface area (Å²) in [6, 6.07) is 1.36. The molecule has 0 radical (unpaired) electrons. The van der Waals surface area contributed by atoms with Crippen molar-refractivity contribution in [2.45, 2.75) is 5.54 Å². The van der Waals surface area contributed by atoms with Crippen LogP contribution in [0, 0.1) is 11.3 Å². The van der Waals surface area contributed by atoms with Crippen LogP contribution in [0.4, 0.5) is 0 Å². The number of nitrogens with one attached hydrogen (secondary N) is 1. The van der Waals surface area contributed by atoms with Crippen LogP contribution in [-0.4, -0.2) is 53.0 Å². The first kappa shape index (κ1) is 12.0. The zero-order valence-electron chi connectivity index (χ0n) is 7.03. The van der Waals surface area contributed by atoms with Crippen LogP contribution in [0.15, 0.2) is 0 Å². The number of nitrogens with zero attached hydrogens (tertiary/aromatic N) is 1. The highest BCUT2D eigenvalue weighted by Gasteiger charge is 2.27. The van der Waals surface area contributed by atoms with Crippen LogP contribution < -0.4 is 5.32 Å². The van der Waals surface area contributed by atoms with E-state index < -0.39 is 31.1 Å². The lowest BCUT2D eigenvalue weighted by molar-refractivity contribution is -0.113. The third kappa shape index (κ3) is 3.48. The Hall–Kier alpha value is -1.00. The molecule has 6 heteroatoms. The predicted molar refractivity (Wildman–Crippen MR) is 42.6 cm³/mol. The molecule has 0 aromatic rings. The average molecular weight is 188 g/mol. The Balaban J connectivity index is 4.12.